The number of para-hydroxylation sites is 1. The number of aryl methyl sites for hydroxylation is 2. The molecule has 1 aliphatic heterocycles. The molecule has 2 aromatic heterocycles. The van der Waals surface area contributed by atoms with Crippen LogP contribution in [0.2, 0.25) is 0 Å². The molecule has 0 saturated carbocycles. The maximum absolute atomic E-state index is 2.64. The summed E-state index contributed by atoms with van der Waals surface area (Å²) in [4.78, 5) is 0. The van der Waals surface area contributed by atoms with Crippen LogP contribution in [-0.2, 0) is 11.0 Å². The number of benzene rings is 3. The van der Waals surface area contributed by atoms with Crippen molar-refractivity contribution in [2.24, 2.45) is 0 Å². The van der Waals surface area contributed by atoms with Crippen molar-refractivity contribution in [1.29, 1.82) is 0 Å². The number of nitrogens with zero attached hydrogens (tertiary/aromatic N) is 2. The summed E-state index contributed by atoms with van der Waals surface area (Å²) in [7, 11) is 0. The molecule has 0 saturated heterocycles. The number of fused-ring (bicyclic) bond motifs is 3. The molecule has 2 unspecified atom stereocenters. The van der Waals surface area contributed by atoms with Gasteiger partial charge in [0, 0.05) is 21.8 Å². The predicted molar refractivity (Wildman–Crippen MR) is 139 cm³/mol. The van der Waals surface area contributed by atoms with Crippen molar-refractivity contribution in [2.45, 2.75) is 65.3 Å². The second kappa shape index (κ2) is 6.70. The third-order valence-electron chi connectivity index (χ3n) is 9.10. The molecule has 1 aliphatic rings. The maximum Gasteiger partial charge on any atom is 0.296 e. The summed E-state index contributed by atoms with van der Waals surface area (Å²) in [5.41, 5.74) is 9.45. The average molecular weight is 434 g/mol. The molecular weight excluding hydrogens is 400 g/mol. The summed E-state index contributed by atoms with van der Waals surface area (Å²) < 4.78 is 5.19. The monoisotopic (exact) mass is 433 g/mol. The zero-order valence-corrected chi connectivity index (χ0v) is 20.7. The van der Waals surface area contributed by atoms with Crippen molar-refractivity contribution >= 4 is 27.3 Å². The lowest BCUT2D eigenvalue weighted by Crippen LogP contribution is -2.65. The fourth-order valence-corrected chi connectivity index (χ4v) is 6.77. The van der Waals surface area contributed by atoms with Gasteiger partial charge in [-0.3, -0.25) is 0 Å². The van der Waals surface area contributed by atoms with Gasteiger partial charge in [0.05, 0.1) is 5.39 Å². The van der Waals surface area contributed by atoms with Gasteiger partial charge in [0.25, 0.3) is 5.65 Å². The molecule has 2 heteroatoms. The van der Waals surface area contributed by atoms with Crippen molar-refractivity contribution in [1.82, 2.24) is 4.40 Å². The number of aromatic nitrogens is 2. The maximum atomic E-state index is 2.64. The zero-order valence-electron chi connectivity index (χ0n) is 20.7. The molecular formula is C31H33N2+. The van der Waals surface area contributed by atoms with Crippen LogP contribution in [0.3, 0.4) is 0 Å². The van der Waals surface area contributed by atoms with Gasteiger partial charge in [-0.2, -0.15) is 4.40 Å². The Morgan fingerprint density at radius 3 is 2.15 bits per heavy atom. The quantitative estimate of drug-likeness (QED) is 0.204. The third-order valence-corrected chi connectivity index (χ3v) is 9.10. The van der Waals surface area contributed by atoms with Gasteiger partial charge in [0.1, 0.15) is 17.3 Å². The Bertz CT molecular complexity index is 1570. The summed E-state index contributed by atoms with van der Waals surface area (Å²) in [6, 6.07) is 22.6. The van der Waals surface area contributed by atoms with Crippen molar-refractivity contribution in [3.63, 3.8) is 0 Å². The van der Waals surface area contributed by atoms with E-state index in [1.54, 1.807) is 0 Å². The van der Waals surface area contributed by atoms with Crippen molar-refractivity contribution in [2.75, 3.05) is 0 Å². The largest absolute Gasteiger partial charge is 0.296 e. The van der Waals surface area contributed by atoms with Gasteiger partial charge >= 0.3 is 0 Å². The number of hydrogen-bond acceptors (Lipinski definition) is 0. The predicted octanol–water partition coefficient (Wildman–Crippen LogP) is 7.62. The number of pyridine rings is 1. The van der Waals surface area contributed by atoms with Crippen molar-refractivity contribution in [3.8, 4) is 11.3 Å². The highest BCUT2D eigenvalue weighted by Crippen LogP contribution is 2.50. The van der Waals surface area contributed by atoms with E-state index in [0.717, 1.165) is 12.8 Å². The molecule has 5 aromatic rings. The first kappa shape index (κ1) is 20.5. The van der Waals surface area contributed by atoms with E-state index in [4.69, 9.17) is 0 Å². The lowest BCUT2D eigenvalue weighted by molar-refractivity contribution is -0.750. The second-order valence-electron chi connectivity index (χ2n) is 10.4. The molecule has 0 N–H and O–H groups in total. The van der Waals surface area contributed by atoms with E-state index in [9.17, 15) is 0 Å². The normalized spacial score (nSPS) is 22.1. The van der Waals surface area contributed by atoms with Gasteiger partial charge < -0.3 is 0 Å². The fraction of sp³-hybridized carbons (Fsp3) is 0.323. The van der Waals surface area contributed by atoms with E-state index in [2.05, 4.69) is 117 Å². The van der Waals surface area contributed by atoms with E-state index in [1.165, 1.54) is 55.3 Å². The Hall–Kier alpha value is -3.13. The van der Waals surface area contributed by atoms with Crippen LogP contribution < -0.4 is 4.57 Å². The Balaban J connectivity index is 1.97. The minimum Gasteiger partial charge on any atom is -0.223 e. The number of rotatable bonds is 3. The first-order chi connectivity index (χ1) is 15.9. The number of imidazole rings is 1. The third kappa shape index (κ3) is 2.32. The zero-order chi connectivity index (χ0) is 23.1. The SMILES string of the molecule is CCC1(C)c2cccc3c4ccccc4n4c(-c5c(C)cccc5C)c[n+](c4c23)C1(C)CC. The van der Waals surface area contributed by atoms with Gasteiger partial charge in [-0.25, -0.2) is 4.57 Å². The van der Waals surface area contributed by atoms with Crippen LogP contribution in [0.4, 0.5) is 0 Å². The van der Waals surface area contributed by atoms with Crippen LogP contribution in [0.25, 0.3) is 38.6 Å². The molecule has 0 radical (unpaired) electrons. The summed E-state index contributed by atoms with van der Waals surface area (Å²) in [5, 5.41) is 4.12. The molecule has 2 nitrogen and oxygen atoms in total. The molecule has 0 bridgehead atoms. The number of hydrogen-bond donors (Lipinski definition) is 0. The topological polar surface area (TPSA) is 8.29 Å². The molecule has 3 aromatic carbocycles. The Morgan fingerprint density at radius 1 is 0.788 bits per heavy atom. The minimum absolute atomic E-state index is 0.0222. The van der Waals surface area contributed by atoms with Gasteiger partial charge in [0.15, 0.2) is 5.69 Å². The van der Waals surface area contributed by atoms with Gasteiger partial charge in [-0.05, 0) is 56.4 Å². The summed E-state index contributed by atoms with van der Waals surface area (Å²) in [6.07, 6.45) is 4.65. The summed E-state index contributed by atoms with van der Waals surface area (Å²) in [6.45, 7) is 14.2. The summed E-state index contributed by atoms with van der Waals surface area (Å²) >= 11 is 0. The van der Waals surface area contributed by atoms with Gasteiger partial charge in [-0.1, -0.05) is 75.4 Å². The van der Waals surface area contributed by atoms with E-state index in [1.807, 2.05) is 0 Å². The highest BCUT2D eigenvalue weighted by molar-refractivity contribution is 6.13. The standard InChI is InChI=1S/C31H33N2/c1-7-30(5)24-17-12-16-23-22-15-9-10-18-25(22)33-26(27-20(3)13-11-14-21(27)4)19-32(29(33)28(23)24)31(30,6)8-2/h9-19H,7-8H2,1-6H3/q+1. The first-order valence-corrected chi connectivity index (χ1v) is 12.4. The van der Waals surface area contributed by atoms with Crippen LogP contribution in [0.15, 0.2) is 66.9 Å². The highest BCUT2D eigenvalue weighted by atomic mass is 15.2. The van der Waals surface area contributed by atoms with E-state index in [-0.39, 0.29) is 11.0 Å². The molecule has 166 valence electrons. The highest BCUT2D eigenvalue weighted by Gasteiger charge is 2.54. The molecule has 3 heterocycles. The first-order valence-electron chi connectivity index (χ1n) is 12.4. The molecule has 33 heavy (non-hydrogen) atoms. The van der Waals surface area contributed by atoms with Crippen LogP contribution in [0.1, 0.15) is 57.2 Å². The van der Waals surface area contributed by atoms with Gasteiger partial charge in [0.2, 0.25) is 0 Å². The van der Waals surface area contributed by atoms with E-state index >= 15 is 0 Å². The second-order valence-corrected chi connectivity index (χ2v) is 10.4. The molecule has 0 aliphatic carbocycles. The lowest BCUT2D eigenvalue weighted by atomic mass is 9.62. The molecule has 2 atom stereocenters. The average Bonchev–Trinajstić information content (AvgIpc) is 3.23. The van der Waals surface area contributed by atoms with E-state index in [0.29, 0.717) is 0 Å². The van der Waals surface area contributed by atoms with Crippen LogP contribution >= 0.6 is 0 Å². The van der Waals surface area contributed by atoms with E-state index < -0.39 is 0 Å². The molecule has 6 rings (SSSR count). The van der Waals surface area contributed by atoms with Crippen LogP contribution in [-0.4, -0.2) is 4.40 Å². The van der Waals surface area contributed by atoms with Gasteiger partial charge in [-0.15, -0.1) is 0 Å². The fourth-order valence-electron chi connectivity index (χ4n) is 6.77. The Labute approximate surface area is 196 Å². The van der Waals surface area contributed by atoms with Crippen molar-refractivity contribution in [3.05, 3.63) is 83.6 Å². The summed E-state index contributed by atoms with van der Waals surface area (Å²) in [5.74, 6) is 0. The van der Waals surface area contributed by atoms with Crippen molar-refractivity contribution < 1.29 is 4.57 Å². The van der Waals surface area contributed by atoms with Crippen LogP contribution in [0.5, 0.6) is 0 Å². The smallest absolute Gasteiger partial charge is 0.223 e. The minimum atomic E-state index is -0.0222. The Morgan fingerprint density at radius 2 is 1.45 bits per heavy atom. The lowest BCUT2D eigenvalue weighted by Gasteiger charge is -2.46. The Kier molecular flexibility index (Phi) is 4.15. The van der Waals surface area contributed by atoms with Crippen LogP contribution in [0, 0.1) is 13.8 Å². The molecule has 0 spiro atoms. The molecule has 0 fully saturated rings. The molecule has 0 amide bonds.